The van der Waals surface area contributed by atoms with E-state index in [4.69, 9.17) is 4.74 Å². The van der Waals surface area contributed by atoms with Crippen LogP contribution in [0.1, 0.15) is 27.2 Å². The molecule has 0 bridgehead atoms. The van der Waals surface area contributed by atoms with Crippen molar-refractivity contribution < 1.29 is 14.6 Å². The van der Waals surface area contributed by atoms with Gasteiger partial charge in [0.05, 0.1) is 11.7 Å². The Labute approximate surface area is 78.4 Å². The zero-order valence-electron chi connectivity index (χ0n) is 8.33. The Morgan fingerprint density at radius 1 is 1.62 bits per heavy atom. The number of carbonyl (C=O) groups is 1. The molecule has 2 unspecified atom stereocenters. The van der Waals surface area contributed by atoms with Crippen LogP contribution in [0.2, 0.25) is 0 Å². The third-order valence-electron chi connectivity index (χ3n) is 2.58. The molecule has 1 aliphatic heterocycles. The molecule has 0 radical (unpaired) electrons. The molecule has 3 heteroatoms. The van der Waals surface area contributed by atoms with E-state index in [0.717, 1.165) is 12.0 Å². The first-order chi connectivity index (χ1) is 6.07. The van der Waals surface area contributed by atoms with E-state index in [2.05, 4.69) is 0 Å². The van der Waals surface area contributed by atoms with Gasteiger partial charge in [0.25, 0.3) is 0 Å². The lowest BCUT2D eigenvalue weighted by atomic mass is 9.93. The molecule has 0 amide bonds. The molecule has 13 heavy (non-hydrogen) atoms. The summed E-state index contributed by atoms with van der Waals surface area (Å²) in [6, 6.07) is 0. The van der Waals surface area contributed by atoms with E-state index >= 15 is 0 Å². The van der Waals surface area contributed by atoms with Gasteiger partial charge in [-0.3, -0.25) is 0 Å². The standard InChI is InChI=1S/C10H16O3/c1-4-6(2)9(11)8-7(3)5-13-10(8)12/h6,9,11H,4-5H2,1-3H3. The van der Waals surface area contributed by atoms with E-state index in [1.54, 1.807) is 0 Å². The van der Waals surface area contributed by atoms with Crippen molar-refractivity contribution in [2.24, 2.45) is 5.92 Å². The van der Waals surface area contributed by atoms with Crippen LogP contribution < -0.4 is 0 Å². The van der Waals surface area contributed by atoms with Gasteiger partial charge in [-0.15, -0.1) is 0 Å². The summed E-state index contributed by atoms with van der Waals surface area (Å²) in [5.41, 5.74) is 1.33. The number of hydrogen-bond donors (Lipinski definition) is 1. The minimum absolute atomic E-state index is 0.107. The van der Waals surface area contributed by atoms with Crippen LogP contribution in [0.3, 0.4) is 0 Å². The third kappa shape index (κ3) is 1.91. The molecule has 0 aromatic rings. The summed E-state index contributed by atoms with van der Waals surface area (Å²) in [4.78, 5) is 11.2. The first-order valence-corrected chi connectivity index (χ1v) is 4.62. The summed E-state index contributed by atoms with van der Waals surface area (Å²) >= 11 is 0. The summed E-state index contributed by atoms with van der Waals surface area (Å²) in [6.07, 6.45) is 0.186. The Hall–Kier alpha value is -0.830. The van der Waals surface area contributed by atoms with Crippen molar-refractivity contribution in [1.29, 1.82) is 0 Å². The van der Waals surface area contributed by atoms with Crippen LogP contribution in [0.5, 0.6) is 0 Å². The number of ether oxygens (including phenoxy) is 1. The highest BCUT2D eigenvalue weighted by molar-refractivity contribution is 5.92. The smallest absolute Gasteiger partial charge is 0.337 e. The maximum absolute atomic E-state index is 11.2. The van der Waals surface area contributed by atoms with Crippen LogP contribution >= 0.6 is 0 Å². The molecule has 0 saturated heterocycles. The lowest BCUT2D eigenvalue weighted by Crippen LogP contribution is -2.23. The number of hydrogen-bond acceptors (Lipinski definition) is 3. The fraction of sp³-hybridized carbons (Fsp3) is 0.700. The number of cyclic esters (lactones) is 1. The van der Waals surface area contributed by atoms with Gasteiger partial charge in [-0.2, -0.15) is 0 Å². The normalized spacial score (nSPS) is 21.7. The minimum Gasteiger partial charge on any atom is -0.458 e. The maximum Gasteiger partial charge on any atom is 0.337 e. The van der Waals surface area contributed by atoms with E-state index in [9.17, 15) is 9.90 Å². The van der Waals surface area contributed by atoms with Crippen molar-refractivity contribution in [2.45, 2.75) is 33.3 Å². The molecule has 0 aromatic heterocycles. The topological polar surface area (TPSA) is 46.5 Å². The molecule has 0 spiro atoms. The van der Waals surface area contributed by atoms with Crippen LogP contribution in [0.25, 0.3) is 0 Å². The van der Waals surface area contributed by atoms with Crippen LogP contribution in [0.4, 0.5) is 0 Å². The Morgan fingerprint density at radius 3 is 2.62 bits per heavy atom. The lowest BCUT2D eigenvalue weighted by molar-refractivity contribution is -0.137. The SMILES string of the molecule is CCC(C)C(O)C1=C(C)COC1=O. The number of carbonyl (C=O) groups excluding carboxylic acids is 1. The van der Waals surface area contributed by atoms with Crippen LogP contribution in [0.15, 0.2) is 11.1 Å². The predicted octanol–water partition coefficient (Wildman–Crippen LogP) is 1.27. The fourth-order valence-corrected chi connectivity index (χ4v) is 1.38. The highest BCUT2D eigenvalue weighted by Crippen LogP contribution is 2.24. The van der Waals surface area contributed by atoms with Gasteiger partial charge in [0.15, 0.2) is 0 Å². The van der Waals surface area contributed by atoms with Crippen LogP contribution in [0, 0.1) is 5.92 Å². The third-order valence-corrected chi connectivity index (χ3v) is 2.58. The van der Waals surface area contributed by atoms with E-state index < -0.39 is 6.10 Å². The molecule has 3 nitrogen and oxygen atoms in total. The lowest BCUT2D eigenvalue weighted by Gasteiger charge is -2.16. The van der Waals surface area contributed by atoms with Crippen molar-refractivity contribution in [3.63, 3.8) is 0 Å². The average Bonchev–Trinajstić information content (AvgIpc) is 2.44. The average molecular weight is 184 g/mol. The summed E-state index contributed by atoms with van der Waals surface area (Å²) in [5, 5.41) is 9.80. The van der Waals surface area contributed by atoms with Crippen molar-refractivity contribution in [3.05, 3.63) is 11.1 Å². The number of aliphatic hydroxyl groups excluding tert-OH is 1. The Kier molecular flexibility index (Phi) is 3.09. The van der Waals surface area contributed by atoms with Crippen molar-refractivity contribution in [3.8, 4) is 0 Å². The van der Waals surface area contributed by atoms with Gasteiger partial charge in [-0.1, -0.05) is 20.3 Å². The van der Waals surface area contributed by atoms with E-state index in [-0.39, 0.29) is 11.9 Å². The van der Waals surface area contributed by atoms with Gasteiger partial charge in [-0.25, -0.2) is 4.79 Å². The van der Waals surface area contributed by atoms with E-state index in [1.165, 1.54) is 0 Å². The van der Waals surface area contributed by atoms with Gasteiger partial charge >= 0.3 is 5.97 Å². The summed E-state index contributed by atoms with van der Waals surface area (Å²) in [5.74, 6) is -0.249. The second kappa shape index (κ2) is 3.92. The van der Waals surface area contributed by atoms with E-state index in [1.807, 2.05) is 20.8 Å². The quantitative estimate of drug-likeness (QED) is 0.672. The minimum atomic E-state index is -0.667. The molecule has 0 aliphatic carbocycles. The molecule has 74 valence electrons. The van der Waals surface area contributed by atoms with Crippen molar-refractivity contribution >= 4 is 5.97 Å². The van der Waals surface area contributed by atoms with Crippen LogP contribution in [-0.4, -0.2) is 23.8 Å². The summed E-state index contributed by atoms with van der Waals surface area (Å²) < 4.78 is 4.82. The number of aliphatic hydroxyl groups is 1. The summed E-state index contributed by atoms with van der Waals surface area (Å²) in [7, 11) is 0. The molecule has 2 atom stereocenters. The fourth-order valence-electron chi connectivity index (χ4n) is 1.38. The van der Waals surface area contributed by atoms with Gasteiger partial charge < -0.3 is 9.84 Å². The molecular formula is C10H16O3. The summed E-state index contributed by atoms with van der Waals surface area (Å²) in [6.45, 7) is 6.08. The highest BCUT2D eigenvalue weighted by Gasteiger charge is 2.30. The Morgan fingerprint density at radius 2 is 2.23 bits per heavy atom. The predicted molar refractivity (Wildman–Crippen MR) is 49.1 cm³/mol. The number of rotatable bonds is 3. The first kappa shape index (κ1) is 10.3. The second-order valence-corrected chi connectivity index (χ2v) is 3.60. The van der Waals surface area contributed by atoms with Gasteiger partial charge in [0.2, 0.25) is 0 Å². The van der Waals surface area contributed by atoms with Gasteiger partial charge in [0.1, 0.15) is 6.61 Å². The molecule has 1 heterocycles. The largest absolute Gasteiger partial charge is 0.458 e. The second-order valence-electron chi connectivity index (χ2n) is 3.60. The maximum atomic E-state index is 11.2. The van der Waals surface area contributed by atoms with Gasteiger partial charge in [0, 0.05) is 0 Å². The zero-order valence-corrected chi connectivity index (χ0v) is 8.33. The molecule has 0 aromatic carbocycles. The Bertz CT molecular complexity index is 243. The molecule has 1 aliphatic rings. The van der Waals surface area contributed by atoms with Crippen molar-refractivity contribution in [1.82, 2.24) is 0 Å². The molecule has 0 fully saturated rings. The molecular weight excluding hydrogens is 168 g/mol. The zero-order chi connectivity index (χ0) is 10.0. The van der Waals surface area contributed by atoms with Crippen molar-refractivity contribution in [2.75, 3.05) is 6.61 Å². The number of esters is 1. The van der Waals surface area contributed by atoms with Crippen LogP contribution in [-0.2, 0) is 9.53 Å². The highest BCUT2D eigenvalue weighted by atomic mass is 16.5. The molecule has 0 saturated carbocycles. The Balaban J connectivity index is 2.81. The first-order valence-electron chi connectivity index (χ1n) is 4.62. The van der Waals surface area contributed by atoms with E-state index in [0.29, 0.717) is 12.2 Å². The molecule has 1 N–H and O–H groups in total. The van der Waals surface area contributed by atoms with Gasteiger partial charge in [-0.05, 0) is 18.4 Å². The molecule has 1 rings (SSSR count). The monoisotopic (exact) mass is 184 g/mol.